The number of nitrogens with one attached hydrogen (secondary N) is 1. The Labute approximate surface area is 129 Å². The molecule has 1 aliphatic heterocycles. The topological polar surface area (TPSA) is 30.5 Å². The third-order valence-corrected chi connectivity index (χ3v) is 4.28. The van der Waals surface area contributed by atoms with Crippen LogP contribution in [0.15, 0.2) is 24.3 Å². The van der Waals surface area contributed by atoms with E-state index in [1.165, 1.54) is 36.8 Å². The van der Waals surface area contributed by atoms with Gasteiger partial charge in [0.15, 0.2) is 0 Å². The molecule has 118 valence electrons. The Kier molecular flexibility index (Phi) is 7.20. The summed E-state index contributed by atoms with van der Waals surface area (Å²) >= 11 is 0. The fourth-order valence-corrected chi connectivity index (χ4v) is 2.93. The Bertz CT molecular complexity index is 385. The summed E-state index contributed by atoms with van der Waals surface area (Å²) in [6.45, 7) is 5.79. The molecule has 0 saturated carbocycles. The van der Waals surface area contributed by atoms with Crippen LogP contribution in [0.2, 0.25) is 0 Å². The molecule has 2 unspecified atom stereocenters. The van der Waals surface area contributed by atoms with Crippen LogP contribution in [0, 0.1) is 6.92 Å². The third kappa shape index (κ3) is 5.77. The molecule has 3 nitrogen and oxygen atoms in total. The number of methoxy groups -OCH3 is 1. The van der Waals surface area contributed by atoms with Crippen LogP contribution >= 0.6 is 0 Å². The Morgan fingerprint density at radius 2 is 2.14 bits per heavy atom. The first-order chi connectivity index (χ1) is 10.3. The van der Waals surface area contributed by atoms with Crippen LogP contribution in [0.1, 0.15) is 42.7 Å². The van der Waals surface area contributed by atoms with E-state index in [1.54, 1.807) is 7.11 Å². The van der Waals surface area contributed by atoms with Gasteiger partial charge in [-0.15, -0.1) is 0 Å². The molecule has 1 heterocycles. The molecule has 0 radical (unpaired) electrons. The molecule has 21 heavy (non-hydrogen) atoms. The molecule has 1 aromatic carbocycles. The van der Waals surface area contributed by atoms with Crippen molar-refractivity contribution in [1.82, 2.24) is 5.32 Å². The zero-order valence-electron chi connectivity index (χ0n) is 13.4. The van der Waals surface area contributed by atoms with Gasteiger partial charge in [0.1, 0.15) is 0 Å². The third-order valence-electron chi connectivity index (χ3n) is 4.28. The van der Waals surface area contributed by atoms with Gasteiger partial charge in [-0.05, 0) is 44.1 Å². The van der Waals surface area contributed by atoms with Crippen LogP contribution in [-0.4, -0.2) is 39.5 Å². The molecule has 0 amide bonds. The number of benzene rings is 1. The van der Waals surface area contributed by atoms with E-state index in [1.807, 2.05) is 0 Å². The fraction of sp³-hybridized carbons (Fsp3) is 0.667. The summed E-state index contributed by atoms with van der Waals surface area (Å²) in [5, 5.41) is 3.51. The summed E-state index contributed by atoms with van der Waals surface area (Å²) in [5.74, 6) is 0.562. The maximum atomic E-state index is 5.76. The summed E-state index contributed by atoms with van der Waals surface area (Å²) in [7, 11) is 1.75. The zero-order valence-corrected chi connectivity index (χ0v) is 13.4. The predicted molar refractivity (Wildman–Crippen MR) is 86.9 cm³/mol. The van der Waals surface area contributed by atoms with Gasteiger partial charge in [0.25, 0.3) is 0 Å². The lowest BCUT2D eigenvalue weighted by atomic mass is 9.92. The van der Waals surface area contributed by atoms with Gasteiger partial charge >= 0.3 is 0 Å². The van der Waals surface area contributed by atoms with Crippen LogP contribution in [0.5, 0.6) is 0 Å². The molecule has 0 aliphatic carbocycles. The molecule has 1 aromatic rings. The molecule has 2 atom stereocenters. The van der Waals surface area contributed by atoms with Crippen molar-refractivity contribution in [2.24, 2.45) is 0 Å². The highest BCUT2D eigenvalue weighted by Gasteiger charge is 2.18. The molecular formula is C18H29NO2. The van der Waals surface area contributed by atoms with E-state index in [0.29, 0.717) is 12.0 Å². The minimum absolute atomic E-state index is 0.483. The fourth-order valence-electron chi connectivity index (χ4n) is 2.93. The second-order valence-electron chi connectivity index (χ2n) is 6.02. The maximum Gasteiger partial charge on any atom is 0.0587 e. The highest BCUT2D eigenvalue weighted by molar-refractivity contribution is 5.24. The lowest BCUT2D eigenvalue weighted by Crippen LogP contribution is -2.25. The predicted octanol–water partition coefficient (Wildman–Crippen LogP) is 3.27. The first-order valence-electron chi connectivity index (χ1n) is 8.17. The van der Waals surface area contributed by atoms with Crippen molar-refractivity contribution in [3.8, 4) is 0 Å². The highest BCUT2D eigenvalue weighted by Crippen LogP contribution is 2.25. The van der Waals surface area contributed by atoms with Gasteiger partial charge in [-0.3, -0.25) is 0 Å². The van der Waals surface area contributed by atoms with Gasteiger partial charge in [0.2, 0.25) is 0 Å². The maximum absolute atomic E-state index is 5.76. The number of hydrogen-bond acceptors (Lipinski definition) is 3. The van der Waals surface area contributed by atoms with Crippen molar-refractivity contribution < 1.29 is 9.47 Å². The first kappa shape index (κ1) is 16.5. The summed E-state index contributed by atoms with van der Waals surface area (Å²) in [6, 6.07) is 8.97. The van der Waals surface area contributed by atoms with E-state index < -0.39 is 0 Å². The van der Waals surface area contributed by atoms with Gasteiger partial charge in [0, 0.05) is 26.8 Å². The number of rotatable bonds is 9. The summed E-state index contributed by atoms with van der Waals surface area (Å²) in [5.41, 5.74) is 2.76. The van der Waals surface area contributed by atoms with Crippen LogP contribution in [0.4, 0.5) is 0 Å². The lowest BCUT2D eigenvalue weighted by molar-refractivity contribution is 0.100. The molecule has 0 spiro atoms. The Balaban J connectivity index is 1.87. The Hall–Kier alpha value is -0.900. The average Bonchev–Trinajstić information content (AvgIpc) is 3.01. The standard InChI is InChI=1S/C18H29NO2/c1-15-5-7-16(8-6-15)17(14-19-11-13-20-2)9-10-18-4-3-12-21-18/h5-8,17-19H,3-4,9-14H2,1-2H3. The second kappa shape index (κ2) is 9.19. The van der Waals surface area contributed by atoms with E-state index in [-0.39, 0.29) is 0 Å². The molecule has 1 saturated heterocycles. The minimum atomic E-state index is 0.483. The van der Waals surface area contributed by atoms with Crippen molar-refractivity contribution in [3.63, 3.8) is 0 Å². The van der Waals surface area contributed by atoms with E-state index in [2.05, 4.69) is 36.5 Å². The van der Waals surface area contributed by atoms with Crippen molar-refractivity contribution in [1.29, 1.82) is 0 Å². The molecule has 3 heteroatoms. The van der Waals surface area contributed by atoms with E-state index in [0.717, 1.165) is 26.3 Å². The number of hydrogen-bond donors (Lipinski definition) is 1. The second-order valence-corrected chi connectivity index (χ2v) is 6.02. The summed E-state index contributed by atoms with van der Waals surface area (Å²) < 4.78 is 10.9. The first-order valence-corrected chi connectivity index (χ1v) is 8.17. The van der Waals surface area contributed by atoms with Crippen LogP contribution in [0.3, 0.4) is 0 Å². The van der Waals surface area contributed by atoms with Crippen LogP contribution < -0.4 is 5.32 Å². The number of aryl methyl sites for hydroxylation is 1. The zero-order chi connectivity index (χ0) is 14.9. The van der Waals surface area contributed by atoms with E-state index in [4.69, 9.17) is 9.47 Å². The normalized spacial score (nSPS) is 19.8. The summed E-state index contributed by atoms with van der Waals surface area (Å²) in [6.07, 6.45) is 5.30. The van der Waals surface area contributed by atoms with E-state index >= 15 is 0 Å². The molecule has 1 N–H and O–H groups in total. The number of ether oxygens (including phenoxy) is 2. The van der Waals surface area contributed by atoms with Gasteiger partial charge in [-0.2, -0.15) is 0 Å². The molecule has 0 bridgehead atoms. The van der Waals surface area contributed by atoms with Crippen molar-refractivity contribution in [3.05, 3.63) is 35.4 Å². The van der Waals surface area contributed by atoms with Crippen LogP contribution in [0.25, 0.3) is 0 Å². The molecule has 0 aromatic heterocycles. The molecular weight excluding hydrogens is 262 g/mol. The van der Waals surface area contributed by atoms with E-state index in [9.17, 15) is 0 Å². The Morgan fingerprint density at radius 1 is 1.33 bits per heavy atom. The Morgan fingerprint density at radius 3 is 2.81 bits per heavy atom. The highest BCUT2D eigenvalue weighted by atomic mass is 16.5. The monoisotopic (exact) mass is 291 g/mol. The largest absolute Gasteiger partial charge is 0.383 e. The lowest BCUT2D eigenvalue weighted by Gasteiger charge is -2.20. The van der Waals surface area contributed by atoms with Crippen LogP contribution in [-0.2, 0) is 9.47 Å². The summed E-state index contributed by atoms with van der Waals surface area (Å²) in [4.78, 5) is 0. The quantitative estimate of drug-likeness (QED) is 0.708. The molecule has 1 fully saturated rings. The van der Waals surface area contributed by atoms with Gasteiger partial charge in [-0.25, -0.2) is 0 Å². The average molecular weight is 291 g/mol. The van der Waals surface area contributed by atoms with Gasteiger partial charge in [-0.1, -0.05) is 29.8 Å². The minimum Gasteiger partial charge on any atom is -0.383 e. The van der Waals surface area contributed by atoms with Crippen molar-refractivity contribution in [2.75, 3.05) is 33.4 Å². The van der Waals surface area contributed by atoms with Gasteiger partial charge in [0.05, 0.1) is 12.7 Å². The smallest absolute Gasteiger partial charge is 0.0587 e. The van der Waals surface area contributed by atoms with Crippen molar-refractivity contribution >= 4 is 0 Å². The SMILES string of the molecule is COCCNCC(CCC1CCCO1)c1ccc(C)cc1. The molecule has 1 aliphatic rings. The van der Waals surface area contributed by atoms with Crippen molar-refractivity contribution in [2.45, 2.75) is 44.6 Å². The molecule has 2 rings (SSSR count). The van der Waals surface area contributed by atoms with Gasteiger partial charge < -0.3 is 14.8 Å².